The molecular weight excluding hydrogens is 302 g/mol. The van der Waals surface area contributed by atoms with Crippen molar-refractivity contribution in [2.45, 2.75) is 0 Å². The van der Waals surface area contributed by atoms with Crippen molar-refractivity contribution in [2.75, 3.05) is 7.05 Å². The summed E-state index contributed by atoms with van der Waals surface area (Å²) in [5, 5.41) is 7.07. The smallest absolute Gasteiger partial charge is 0.259 e. The molecular formula is C16H12ClN3O2. The van der Waals surface area contributed by atoms with Crippen molar-refractivity contribution >= 4 is 17.5 Å². The van der Waals surface area contributed by atoms with Gasteiger partial charge in [-0.2, -0.15) is 4.98 Å². The third-order valence-electron chi connectivity index (χ3n) is 3.17. The molecule has 110 valence electrons. The number of halogens is 1. The van der Waals surface area contributed by atoms with Crippen molar-refractivity contribution < 1.29 is 9.32 Å². The SMILES string of the molecule is CNC(=O)c1ccccc1-c1nc(-c2ccccc2Cl)no1. The molecule has 3 rings (SSSR count). The number of hydrogen-bond acceptors (Lipinski definition) is 4. The first-order valence-electron chi connectivity index (χ1n) is 6.61. The summed E-state index contributed by atoms with van der Waals surface area (Å²) in [6.07, 6.45) is 0. The second kappa shape index (κ2) is 5.99. The molecule has 0 saturated heterocycles. The minimum atomic E-state index is -0.215. The van der Waals surface area contributed by atoms with Crippen LogP contribution in [0.25, 0.3) is 22.8 Å². The highest BCUT2D eigenvalue weighted by atomic mass is 35.5. The Labute approximate surface area is 131 Å². The summed E-state index contributed by atoms with van der Waals surface area (Å²) in [7, 11) is 1.57. The number of rotatable bonds is 3. The average molecular weight is 314 g/mol. The Balaban J connectivity index is 2.06. The summed E-state index contributed by atoms with van der Waals surface area (Å²) in [5.74, 6) is 0.439. The van der Waals surface area contributed by atoms with Gasteiger partial charge in [0.2, 0.25) is 5.82 Å². The van der Waals surface area contributed by atoms with Crippen molar-refractivity contribution in [1.29, 1.82) is 0 Å². The highest BCUT2D eigenvalue weighted by Crippen LogP contribution is 2.28. The van der Waals surface area contributed by atoms with Crippen LogP contribution in [0, 0.1) is 0 Å². The second-order valence-electron chi connectivity index (χ2n) is 4.53. The van der Waals surface area contributed by atoms with Gasteiger partial charge in [-0.25, -0.2) is 0 Å². The first kappa shape index (κ1) is 14.3. The topological polar surface area (TPSA) is 68.0 Å². The van der Waals surface area contributed by atoms with E-state index in [-0.39, 0.29) is 11.8 Å². The van der Waals surface area contributed by atoms with Gasteiger partial charge in [-0.15, -0.1) is 0 Å². The van der Waals surface area contributed by atoms with Crippen molar-refractivity contribution in [1.82, 2.24) is 15.5 Å². The fraction of sp³-hybridized carbons (Fsp3) is 0.0625. The molecule has 22 heavy (non-hydrogen) atoms. The summed E-state index contributed by atoms with van der Waals surface area (Å²) in [6.45, 7) is 0. The van der Waals surface area contributed by atoms with Gasteiger partial charge in [-0.1, -0.05) is 41.0 Å². The molecule has 0 bridgehead atoms. The summed E-state index contributed by atoms with van der Waals surface area (Å²) in [6, 6.07) is 14.3. The van der Waals surface area contributed by atoms with Gasteiger partial charge in [0.1, 0.15) is 0 Å². The molecule has 0 saturated carbocycles. The number of hydrogen-bond donors (Lipinski definition) is 1. The third kappa shape index (κ3) is 2.58. The summed E-state index contributed by atoms with van der Waals surface area (Å²) in [5.41, 5.74) is 1.73. The summed E-state index contributed by atoms with van der Waals surface area (Å²) in [4.78, 5) is 16.3. The van der Waals surface area contributed by atoms with E-state index in [0.29, 0.717) is 27.5 Å². The van der Waals surface area contributed by atoms with Gasteiger partial charge < -0.3 is 9.84 Å². The average Bonchev–Trinajstić information content (AvgIpc) is 3.04. The molecule has 1 aromatic heterocycles. The minimum Gasteiger partial charge on any atom is -0.355 e. The Bertz CT molecular complexity index is 830. The maximum absolute atomic E-state index is 11.9. The molecule has 2 aromatic carbocycles. The van der Waals surface area contributed by atoms with E-state index in [1.54, 1.807) is 37.4 Å². The molecule has 0 aliphatic heterocycles. The van der Waals surface area contributed by atoms with Crippen molar-refractivity contribution in [3.8, 4) is 22.8 Å². The molecule has 0 fully saturated rings. The van der Waals surface area contributed by atoms with Crippen LogP contribution in [0.4, 0.5) is 0 Å². The molecule has 0 aliphatic carbocycles. The van der Waals surface area contributed by atoms with E-state index in [0.717, 1.165) is 0 Å². The summed E-state index contributed by atoms with van der Waals surface area (Å²) >= 11 is 6.13. The molecule has 0 aliphatic rings. The van der Waals surface area contributed by atoms with Crippen molar-refractivity contribution in [2.24, 2.45) is 0 Å². The van der Waals surface area contributed by atoms with Crippen LogP contribution in [0.2, 0.25) is 5.02 Å². The van der Waals surface area contributed by atoms with Crippen LogP contribution >= 0.6 is 11.6 Å². The first-order valence-corrected chi connectivity index (χ1v) is 6.98. The van der Waals surface area contributed by atoms with E-state index >= 15 is 0 Å². The quantitative estimate of drug-likeness (QED) is 0.804. The minimum absolute atomic E-state index is 0.215. The zero-order chi connectivity index (χ0) is 15.5. The summed E-state index contributed by atoms with van der Waals surface area (Å²) < 4.78 is 5.30. The zero-order valence-electron chi connectivity index (χ0n) is 11.7. The van der Waals surface area contributed by atoms with Crippen LogP contribution in [0.15, 0.2) is 53.1 Å². The molecule has 0 unspecified atom stereocenters. The standard InChI is InChI=1S/C16H12ClN3O2/c1-18-15(21)10-6-2-3-7-11(10)16-19-14(20-22-16)12-8-4-5-9-13(12)17/h2-9H,1H3,(H,18,21). The Hall–Kier alpha value is -2.66. The van der Waals surface area contributed by atoms with Crippen molar-refractivity contribution in [3.05, 3.63) is 59.1 Å². The van der Waals surface area contributed by atoms with E-state index in [2.05, 4.69) is 15.5 Å². The monoisotopic (exact) mass is 313 g/mol. The van der Waals surface area contributed by atoms with Crippen LogP contribution in [0.1, 0.15) is 10.4 Å². The van der Waals surface area contributed by atoms with Gasteiger partial charge in [-0.05, 0) is 24.3 Å². The molecule has 1 amide bonds. The lowest BCUT2D eigenvalue weighted by atomic mass is 10.1. The Morgan fingerprint density at radius 1 is 1.09 bits per heavy atom. The molecule has 0 spiro atoms. The highest BCUT2D eigenvalue weighted by molar-refractivity contribution is 6.33. The van der Waals surface area contributed by atoms with Crippen LogP contribution < -0.4 is 5.32 Å². The van der Waals surface area contributed by atoms with Gasteiger partial charge in [0.15, 0.2) is 0 Å². The molecule has 6 heteroatoms. The largest absolute Gasteiger partial charge is 0.355 e. The Morgan fingerprint density at radius 3 is 2.50 bits per heavy atom. The van der Waals surface area contributed by atoms with Crippen LogP contribution in [0.3, 0.4) is 0 Å². The van der Waals surface area contributed by atoms with Crippen molar-refractivity contribution in [3.63, 3.8) is 0 Å². The molecule has 3 aromatic rings. The van der Waals surface area contributed by atoms with Gasteiger partial charge >= 0.3 is 0 Å². The number of carbonyl (C=O) groups excluding carboxylic acids is 1. The third-order valence-corrected chi connectivity index (χ3v) is 3.50. The Kier molecular flexibility index (Phi) is 3.89. The lowest BCUT2D eigenvalue weighted by Crippen LogP contribution is -2.18. The van der Waals surface area contributed by atoms with Gasteiger partial charge in [0, 0.05) is 12.6 Å². The number of nitrogens with one attached hydrogen (secondary N) is 1. The zero-order valence-corrected chi connectivity index (χ0v) is 12.5. The van der Waals surface area contributed by atoms with E-state index < -0.39 is 0 Å². The fourth-order valence-electron chi connectivity index (χ4n) is 2.09. The highest BCUT2D eigenvalue weighted by Gasteiger charge is 2.18. The molecule has 5 nitrogen and oxygen atoms in total. The Morgan fingerprint density at radius 2 is 1.77 bits per heavy atom. The molecule has 1 N–H and O–H groups in total. The van der Waals surface area contributed by atoms with Crippen LogP contribution in [0.5, 0.6) is 0 Å². The number of nitrogens with zero attached hydrogens (tertiary/aromatic N) is 2. The molecule has 0 atom stereocenters. The predicted molar refractivity (Wildman–Crippen MR) is 83.6 cm³/mol. The second-order valence-corrected chi connectivity index (χ2v) is 4.93. The van der Waals surface area contributed by atoms with Crippen LogP contribution in [-0.2, 0) is 0 Å². The normalized spacial score (nSPS) is 10.5. The van der Waals surface area contributed by atoms with Gasteiger partial charge in [0.25, 0.3) is 11.8 Å². The molecule has 1 heterocycles. The van der Waals surface area contributed by atoms with Gasteiger partial charge in [-0.3, -0.25) is 4.79 Å². The fourth-order valence-corrected chi connectivity index (χ4v) is 2.31. The first-order chi connectivity index (χ1) is 10.7. The maximum Gasteiger partial charge on any atom is 0.259 e. The number of aromatic nitrogens is 2. The molecule has 0 radical (unpaired) electrons. The number of carbonyl (C=O) groups is 1. The van der Waals surface area contributed by atoms with E-state index in [1.165, 1.54) is 0 Å². The number of amides is 1. The lowest BCUT2D eigenvalue weighted by Gasteiger charge is -2.03. The van der Waals surface area contributed by atoms with E-state index in [4.69, 9.17) is 16.1 Å². The number of benzene rings is 2. The van der Waals surface area contributed by atoms with Crippen LogP contribution in [-0.4, -0.2) is 23.1 Å². The van der Waals surface area contributed by atoms with E-state index in [1.807, 2.05) is 18.2 Å². The maximum atomic E-state index is 11.9. The van der Waals surface area contributed by atoms with E-state index in [9.17, 15) is 4.79 Å². The lowest BCUT2D eigenvalue weighted by molar-refractivity contribution is 0.0963. The van der Waals surface area contributed by atoms with Gasteiger partial charge in [0.05, 0.1) is 16.1 Å². The predicted octanol–water partition coefficient (Wildman–Crippen LogP) is 3.42.